The van der Waals surface area contributed by atoms with Crippen LogP contribution in [0.15, 0.2) is 29.4 Å². The van der Waals surface area contributed by atoms with Crippen molar-refractivity contribution in [2.75, 3.05) is 31.2 Å². The summed E-state index contributed by atoms with van der Waals surface area (Å²) in [7, 11) is -1.85. The van der Waals surface area contributed by atoms with E-state index in [4.69, 9.17) is 4.74 Å². The van der Waals surface area contributed by atoms with E-state index in [1.165, 1.54) is 0 Å². The number of fused-ring (bicyclic) bond motifs is 1. The van der Waals surface area contributed by atoms with Crippen LogP contribution >= 0.6 is 0 Å². The lowest BCUT2D eigenvalue weighted by atomic mass is 10.2. The molecular formula is C20H25N5O3S. The standard InChI is InChI=1S/C20H25N5O3S/c1-4-16-21-17-18(24(16)3)22-20(23-19(17)25-9-11-28-12-10-25)29(26,27)13-15-7-5-14(2)6-8-15/h5-8H,4,9-13H2,1-3H3. The fourth-order valence-corrected chi connectivity index (χ4v) is 4.70. The fraction of sp³-hybridized carbons (Fsp3) is 0.450. The third kappa shape index (κ3) is 3.84. The van der Waals surface area contributed by atoms with E-state index in [0.29, 0.717) is 48.8 Å². The summed E-state index contributed by atoms with van der Waals surface area (Å²) in [6.07, 6.45) is 0.723. The number of morpholine rings is 1. The average Bonchev–Trinajstić information content (AvgIpc) is 3.05. The number of hydrogen-bond acceptors (Lipinski definition) is 7. The summed E-state index contributed by atoms with van der Waals surface area (Å²) in [5.74, 6) is 1.27. The van der Waals surface area contributed by atoms with E-state index < -0.39 is 9.84 Å². The van der Waals surface area contributed by atoms with Gasteiger partial charge in [0.1, 0.15) is 5.82 Å². The van der Waals surface area contributed by atoms with Gasteiger partial charge in [0.2, 0.25) is 9.84 Å². The predicted octanol–water partition coefficient (Wildman–Crippen LogP) is 2.04. The molecule has 0 atom stereocenters. The number of rotatable bonds is 5. The summed E-state index contributed by atoms with van der Waals surface area (Å²) >= 11 is 0. The molecule has 0 amide bonds. The monoisotopic (exact) mass is 415 g/mol. The van der Waals surface area contributed by atoms with Crippen molar-refractivity contribution in [3.63, 3.8) is 0 Å². The average molecular weight is 416 g/mol. The molecule has 3 aromatic rings. The number of sulfone groups is 1. The summed E-state index contributed by atoms with van der Waals surface area (Å²) in [5.41, 5.74) is 2.98. The Morgan fingerprint density at radius 1 is 1.07 bits per heavy atom. The van der Waals surface area contributed by atoms with E-state index in [9.17, 15) is 8.42 Å². The molecule has 0 aliphatic carbocycles. The van der Waals surface area contributed by atoms with Crippen LogP contribution in [0.2, 0.25) is 0 Å². The molecule has 154 valence electrons. The van der Waals surface area contributed by atoms with Gasteiger partial charge >= 0.3 is 0 Å². The number of imidazole rings is 1. The molecule has 1 aromatic carbocycles. The Hall–Kier alpha value is -2.52. The first kappa shape index (κ1) is 19.8. The number of aromatic nitrogens is 4. The Morgan fingerprint density at radius 2 is 1.76 bits per heavy atom. The van der Waals surface area contributed by atoms with Crippen LogP contribution in [-0.4, -0.2) is 54.2 Å². The second-order valence-electron chi connectivity index (χ2n) is 7.29. The number of benzene rings is 1. The molecule has 4 rings (SSSR count). The number of ether oxygens (including phenoxy) is 1. The van der Waals surface area contributed by atoms with Crippen molar-refractivity contribution < 1.29 is 13.2 Å². The van der Waals surface area contributed by atoms with Crippen molar-refractivity contribution in [3.8, 4) is 0 Å². The maximum Gasteiger partial charge on any atom is 0.251 e. The summed E-state index contributed by atoms with van der Waals surface area (Å²) in [4.78, 5) is 15.6. The third-order valence-electron chi connectivity index (χ3n) is 5.15. The maximum absolute atomic E-state index is 13.2. The molecule has 2 aromatic heterocycles. The largest absolute Gasteiger partial charge is 0.378 e. The summed E-state index contributed by atoms with van der Waals surface area (Å²) in [5, 5.41) is -0.155. The van der Waals surface area contributed by atoms with Crippen molar-refractivity contribution in [3.05, 3.63) is 41.2 Å². The van der Waals surface area contributed by atoms with Gasteiger partial charge in [-0.25, -0.2) is 13.4 Å². The lowest BCUT2D eigenvalue weighted by Gasteiger charge is -2.28. The smallest absolute Gasteiger partial charge is 0.251 e. The van der Waals surface area contributed by atoms with Gasteiger partial charge in [0.05, 0.1) is 19.0 Å². The SMILES string of the molecule is CCc1nc2c(N3CCOCC3)nc(S(=O)(=O)Cc3ccc(C)cc3)nc2n1C. The normalized spacial score (nSPS) is 15.2. The second kappa shape index (κ2) is 7.72. The molecule has 1 aliphatic heterocycles. The predicted molar refractivity (Wildman–Crippen MR) is 111 cm³/mol. The van der Waals surface area contributed by atoms with E-state index >= 15 is 0 Å². The van der Waals surface area contributed by atoms with Gasteiger partial charge in [0.15, 0.2) is 17.0 Å². The first-order valence-corrected chi connectivity index (χ1v) is 11.4. The topological polar surface area (TPSA) is 90.2 Å². The van der Waals surface area contributed by atoms with Gasteiger partial charge in [-0.3, -0.25) is 0 Å². The molecule has 8 nitrogen and oxygen atoms in total. The molecule has 3 heterocycles. The highest BCUT2D eigenvalue weighted by Crippen LogP contribution is 2.27. The van der Waals surface area contributed by atoms with Crippen molar-refractivity contribution in [1.82, 2.24) is 19.5 Å². The lowest BCUT2D eigenvalue weighted by Crippen LogP contribution is -2.37. The van der Waals surface area contributed by atoms with Gasteiger partial charge in [0.25, 0.3) is 5.16 Å². The molecule has 9 heteroatoms. The molecule has 1 fully saturated rings. The Balaban J connectivity index is 1.83. The van der Waals surface area contributed by atoms with Crippen LogP contribution in [0, 0.1) is 6.92 Å². The minimum absolute atomic E-state index is 0.139. The highest BCUT2D eigenvalue weighted by Gasteiger charge is 2.27. The third-order valence-corrected chi connectivity index (χ3v) is 6.61. The van der Waals surface area contributed by atoms with Gasteiger partial charge in [-0.05, 0) is 12.5 Å². The Morgan fingerprint density at radius 3 is 2.41 bits per heavy atom. The van der Waals surface area contributed by atoms with E-state index in [1.54, 1.807) is 0 Å². The molecule has 0 radical (unpaired) electrons. The van der Waals surface area contributed by atoms with Crippen molar-refractivity contribution in [1.29, 1.82) is 0 Å². The molecule has 0 spiro atoms. The van der Waals surface area contributed by atoms with Gasteiger partial charge in [-0.2, -0.15) is 9.97 Å². The molecular weight excluding hydrogens is 390 g/mol. The second-order valence-corrected chi connectivity index (χ2v) is 9.17. The van der Waals surface area contributed by atoms with E-state index in [-0.39, 0.29) is 10.9 Å². The molecule has 1 saturated heterocycles. The van der Waals surface area contributed by atoms with Crippen molar-refractivity contribution >= 4 is 26.8 Å². The lowest BCUT2D eigenvalue weighted by molar-refractivity contribution is 0.122. The Kier molecular flexibility index (Phi) is 5.26. The molecule has 0 bridgehead atoms. The first-order valence-electron chi connectivity index (χ1n) is 9.73. The summed E-state index contributed by atoms with van der Waals surface area (Å²) in [6, 6.07) is 7.46. The van der Waals surface area contributed by atoms with Gasteiger partial charge < -0.3 is 14.2 Å². The summed E-state index contributed by atoms with van der Waals surface area (Å²) in [6.45, 7) is 6.41. The summed E-state index contributed by atoms with van der Waals surface area (Å²) < 4.78 is 33.6. The zero-order valence-corrected chi connectivity index (χ0v) is 17.7. The number of anilines is 1. The van der Waals surface area contributed by atoms with Crippen LogP contribution in [0.5, 0.6) is 0 Å². The minimum atomic E-state index is -3.71. The zero-order valence-electron chi connectivity index (χ0n) is 16.9. The fourth-order valence-electron chi connectivity index (χ4n) is 3.49. The zero-order chi connectivity index (χ0) is 20.6. The van der Waals surface area contributed by atoms with E-state index in [2.05, 4.69) is 15.0 Å². The van der Waals surface area contributed by atoms with Crippen molar-refractivity contribution in [2.24, 2.45) is 7.05 Å². The molecule has 0 unspecified atom stereocenters. The van der Waals surface area contributed by atoms with Crippen LogP contribution in [-0.2, 0) is 33.8 Å². The van der Waals surface area contributed by atoms with Crippen LogP contribution in [0.3, 0.4) is 0 Å². The highest BCUT2D eigenvalue weighted by molar-refractivity contribution is 7.90. The van der Waals surface area contributed by atoms with Crippen LogP contribution in [0.4, 0.5) is 5.82 Å². The molecule has 0 saturated carbocycles. The number of nitrogens with zero attached hydrogens (tertiary/aromatic N) is 5. The quantitative estimate of drug-likeness (QED) is 0.589. The molecule has 29 heavy (non-hydrogen) atoms. The van der Waals surface area contributed by atoms with Gasteiger partial charge in [-0.15, -0.1) is 0 Å². The molecule has 0 N–H and O–H groups in total. The van der Waals surface area contributed by atoms with Crippen LogP contribution < -0.4 is 4.90 Å². The van der Waals surface area contributed by atoms with E-state index in [0.717, 1.165) is 17.8 Å². The maximum atomic E-state index is 13.2. The minimum Gasteiger partial charge on any atom is -0.378 e. The van der Waals surface area contributed by atoms with Crippen LogP contribution in [0.25, 0.3) is 11.2 Å². The van der Waals surface area contributed by atoms with Gasteiger partial charge in [-0.1, -0.05) is 36.8 Å². The first-order chi connectivity index (χ1) is 13.9. The Bertz CT molecular complexity index is 1130. The Labute approximate surface area is 170 Å². The van der Waals surface area contributed by atoms with Crippen molar-refractivity contribution in [2.45, 2.75) is 31.2 Å². The number of hydrogen-bond donors (Lipinski definition) is 0. The highest BCUT2D eigenvalue weighted by atomic mass is 32.2. The molecule has 1 aliphatic rings. The van der Waals surface area contributed by atoms with Gasteiger partial charge in [0, 0.05) is 26.6 Å². The van der Waals surface area contributed by atoms with Crippen LogP contribution in [0.1, 0.15) is 23.9 Å². The number of aryl methyl sites for hydroxylation is 3. The van der Waals surface area contributed by atoms with E-state index in [1.807, 2.05) is 54.6 Å².